The number of benzene rings is 1. The minimum absolute atomic E-state index is 0.130. The van der Waals surface area contributed by atoms with E-state index in [1.54, 1.807) is 19.3 Å². The van der Waals surface area contributed by atoms with E-state index in [-0.39, 0.29) is 11.6 Å². The molecule has 0 spiro atoms. The maximum absolute atomic E-state index is 11.9. The quantitative estimate of drug-likeness (QED) is 0.805. The first-order chi connectivity index (χ1) is 11.2. The van der Waals surface area contributed by atoms with E-state index < -0.39 is 0 Å². The van der Waals surface area contributed by atoms with Gasteiger partial charge >= 0.3 is 0 Å². The molecule has 3 aromatic rings. The van der Waals surface area contributed by atoms with Gasteiger partial charge in [0.2, 0.25) is 5.95 Å². The van der Waals surface area contributed by atoms with E-state index in [4.69, 9.17) is 0 Å². The highest BCUT2D eigenvalue weighted by atomic mass is 16.1. The molecule has 116 valence electrons. The first-order valence-electron chi connectivity index (χ1n) is 7.41. The lowest BCUT2D eigenvalue weighted by Gasteiger charge is -2.28. The highest BCUT2D eigenvalue weighted by molar-refractivity contribution is 5.41. The number of aromatic nitrogens is 3. The summed E-state index contributed by atoms with van der Waals surface area (Å²) in [5.74, 6) is 0.514. The molecule has 3 rings (SSSR count). The Kier molecular flexibility index (Phi) is 4.19. The zero-order valence-corrected chi connectivity index (χ0v) is 13.1. The van der Waals surface area contributed by atoms with E-state index in [0.29, 0.717) is 11.5 Å². The molecule has 0 saturated heterocycles. The molecular weight excluding hydrogens is 288 g/mol. The fourth-order valence-corrected chi connectivity index (χ4v) is 2.52. The number of hydrogen-bond acceptors (Lipinski definition) is 4. The van der Waals surface area contributed by atoms with Gasteiger partial charge in [-0.2, -0.15) is 0 Å². The van der Waals surface area contributed by atoms with E-state index in [0.717, 1.165) is 11.3 Å². The topological polar surface area (TPSA) is 61.9 Å². The van der Waals surface area contributed by atoms with Crippen molar-refractivity contribution in [3.05, 3.63) is 88.1 Å². The second-order valence-corrected chi connectivity index (χ2v) is 5.40. The van der Waals surface area contributed by atoms with Crippen molar-refractivity contribution in [2.24, 2.45) is 0 Å². The molecule has 0 bridgehead atoms. The van der Waals surface area contributed by atoms with Gasteiger partial charge in [0.25, 0.3) is 5.56 Å². The summed E-state index contributed by atoms with van der Waals surface area (Å²) in [6.45, 7) is 1.74. The molecule has 1 aromatic carbocycles. The summed E-state index contributed by atoms with van der Waals surface area (Å²) in [7, 11) is 1.90. The van der Waals surface area contributed by atoms with Gasteiger partial charge in [0.1, 0.15) is 0 Å². The monoisotopic (exact) mass is 306 g/mol. The number of aromatic amines is 1. The summed E-state index contributed by atoms with van der Waals surface area (Å²) < 4.78 is 0. The van der Waals surface area contributed by atoms with E-state index in [2.05, 4.69) is 15.0 Å². The van der Waals surface area contributed by atoms with Crippen molar-refractivity contribution in [3.63, 3.8) is 0 Å². The van der Waals surface area contributed by atoms with Gasteiger partial charge in [-0.05, 0) is 24.6 Å². The summed E-state index contributed by atoms with van der Waals surface area (Å²) in [6.07, 6.45) is 3.36. The first kappa shape index (κ1) is 15.0. The minimum Gasteiger partial charge on any atom is -0.333 e. The summed E-state index contributed by atoms with van der Waals surface area (Å²) in [4.78, 5) is 25.5. The molecule has 2 aromatic heterocycles. The molecule has 5 nitrogen and oxygen atoms in total. The van der Waals surface area contributed by atoms with Gasteiger partial charge in [-0.1, -0.05) is 36.4 Å². The average Bonchev–Trinajstić information content (AvgIpc) is 2.59. The predicted octanol–water partition coefficient (Wildman–Crippen LogP) is 2.70. The number of pyridine rings is 1. The molecule has 1 N–H and O–H groups in total. The molecule has 1 atom stereocenters. The summed E-state index contributed by atoms with van der Waals surface area (Å²) in [5.41, 5.74) is 2.44. The molecule has 0 radical (unpaired) electrons. The van der Waals surface area contributed by atoms with E-state index in [1.807, 2.05) is 60.5 Å². The summed E-state index contributed by atoms with van der Waals surface area (Å²) in [5, 5.41) is 0. The molecule has 0 aliphatic rings. The van der Waals surface area contributed by atoms with Crippen molar-refractivity contribution in [1.29, 1.82) is 0 Å². The SMILES string of the molecule is Cc1cnc(N(C)C(c2ccccc2)c2ccccn2)[nH]c1=O. The van der Waals surface area contributed by atoms with Crippen molar-refractivity contribution in [3.8, 4) is 0 Å². The van der Waals surface area contributed by atoms with Crippen LogP contribution in [0, 0.1) is 6.92 Å². The van der Waals surface area contributed by atoms with Crippen molar-refractivity contribution < 1.29 is 0 Å². The zero-order valence-electron chi connectivity index (χ0n) is 13.1. The standard InChI is InChI=1S/C18H18N4O/c1-13-12-20-18(21-17(13)23)22(2)16(14-8-4-3-5-9-14)15-10-6-7-11-19-15/h3-12,16H,1-2H3,(H,20,21,23). The van der Waals surface area contributed by atoms with Crippen molar-refractivity contribution in [2.75, 3.05) is 11.9 Å². The average molecular weight is 306 g/mol. The Labute approximate surface area is 134 Å². The molecule has 0 saturated carbocycles. The van der Waals surface area contributed by atoms with Crippen LogP contribution in [0.5, 0.6) is 0 Å². The van der Waals surface area contributed by atoms with Crippen LogP contribution in [0.25, 0.3) is 0 Å². The van der Waals surface area contributed by atoms with Gasteiger partial charge in [-0.3, -0.25) is 14.8 Å². The summed E-state index contributed by atoms with van der Waals surface area (Å²) >= 11 is 0. The molecule has 5 heteroatoms. The highest BCUT2D eigenvalue weighted by Crippen LogP contribution is 2.28. The van der Waals surface area contributed by atoms with Crippen LogP contribution < -0.4 is 10.5 Å². The van der Waals surface area contributed by atoms with Gasteiger partial charge in [-0.15, -0.1) is 0 Å². The molecule has 1 unspecified atom stereocenters. The number of rotatable bonds is 4. The third-order valence-corrected chi connectivity index (χ3v) is 3.77. The van der Waals surface area contributed by atoms with Crippen LogP contribution in [-0.4, -0.2) is 22.0 Å². The zero-order chi connectivity index (χ0) is 16.2. The Morgan fingerprint density at radius 1 is 1.04 bits per heavy atom. The molecule has 0 aliphatic carbocycles. The second-order valence-electron chi connectivity index (χ2n) is 5.40. The number of H-pyrrole nitrogens is 1. The van der Waals surface area contributed by atoms with Gasteiger partial charge in [0, 0.05) is 25.0 Å². The van der Waals surface area contributed by atoms with Crippen molar-refractivity contribution >= 4 is 5.95 Å². The smallest absolute Gasteiger partial charge is 0.255 e. The second kappa shape index (κ2) is 6.44. The Hall–Kier alpha value is -2.95. The maximum atomic E-state index is 11.9. The van der Waals surface area contributed by atoms with Crippen LogP contribution in [0.4, 0.5) is 5.95 Å². The minimum atomic E-state index is -0.136. The van der Waals surface area contributed by atoms with Crippen LogP contribution >= 0.6 is 0 Å². The Morgan fingerprint density at radius 3 is 2.43 bits per heavy atom. The van der Waals surface area contributed by atoms with E-state index >= 15 is 0 Å². The lowest BCUT2D eigenvalue weighted by Crippen LogP contribution is -2.29. The van der Waals surface area contributed by atoms with Gasteiger partial charge in [0.15, 0.2) is 0 Å². The number of aryl methyl sites for hydroxylation is 1. The normalized spacial score (nSPS) is 11.9. The summed E-state index contributed by atoms with van der Waals surface area (Å²) in [6, 6.07) is 15.7. The van der Waals surface area contributed by atoms with Gasteiger partial charge in [-0.25, -0.2) is 4.98 Å². The number of hydrogen-bond donors (Lipinski definition) is 1. The Morgan fingerprint density at radius 2 is 1.78 bits per heavy atom. The Bertz CT molecular complexity index is 791. The Balaban J connectivity index is 2.08. The van der Waals surface area contributed by atoms with Crippen LogP contribution in [-0.2, 0) is 0 Å². The fraction of sp³-hybridized carbons (Fsp3) is 0.167. The van der Waals surface area contributed by atoms with Crippen molar-refractivity contribution in [2.45, 2.75) is 13.0 Å². The molecule has 0 fully saturated rings. The molecule has 23 heavy (non-hydrogen) atoms. The van der Waals surface area contributed by atoms with Gasteiger partial charge < -0.3 is 4.90 Å². The molecule has 0 amide bonds. The largest absolute Gasteiger partial charge is 0.333 e. The molecule has 0 aliphatic heterocycles. The fourth-order valence-electron chi connectivity index (χ4n) is 2.52. The lowest BCUT2D eigenvalue weighted by atomic mass is 10.0. The molecule has 2 heterocycles. The first-order valence-corrected chi connectivity index (χ1v) is 7.41. The predicted molar refractivity (Wildman–Crippen MR) is 90.5 cm³/mol. The number of anilines is 1. The molecular formula is C18H18N4O. The third kappa shape index (κ3) is 3.13. The van der Waals surface area contributed by atoms with Crippen LogP contribution in [0.3, 0.4) is 0 Å². The third-order valence-electron chi connectivity index (χ3n) is 3.77. The maximum Gasteiger partial charge on any atom is 0.255 e. The highest BCUT2D eigenvalue weighted by Gasteiger charge is 2.22. The van der Waals surface area contributed by atoms with Crippen LogP contribution in [0.2, 0.25) is 0 Å². The van der Waals surface area contributed by atoms with E-state index in [1.165, 1.54) is 0 Å². The lowest BCUT2D eigenvalue weighted by molar-refractivity contribution is 0.727. The van der Waals surface area contributed by atoms with E-state index in [9.17, 15) is 4.79 Å². The van der Waals surface area contributed by atoms with Crippen LogP contribution in [0.15, 0.2) is 65.7 Å². The van der Waals surface area contributed by atoms with Crippen LogP contribution in [0.1, 0.15) is 22.9 Å². The number of nitrogens with zero attached hydrogens (tertiary/aromatic N) is 3. The van der Waals surface area contributed by atoms with Gasteiger partial charge in [0.05, 0.1) is 11.7 Å². The number of nitrogens with one attached hydrogen (secondary N) is 1. The van der Waals surface area contributed by atoms with Crippen molar-refractivity contribution in [1.82, 2.24) is 15.0 Å².